The van der Waals surface area contributed by atoms with Crippen LogP contribution in [0.2, 0.25) is 0 Å². The first-order valence-electron chi connectivity index (χ1n) is 11.2. The van der Waals surface area contributed by atoms with Crippen LogP contribution in [-0.4, -0.2) is 4.98 Å². The summed E-state index contributed by atoms with van der Waals surface area (Å²) in [4.78, 5) is 4.68. The Balaban J connectivity index is 1.89. The number of aromatic nitrogens is 1. The summed E-state index contributed by atoms with van der Waals surface area (Å²) in [5.74, 6) is 0. The van der Waals surface area contributed by atoms with Gasteiger partial charge in [0.2, 0.25) is 0 Å². The minimum absolute atomic E-state index is 1.18. The second-order valence-corrected chi connectivity index (χ2v) is 7.87. The minimum atomic E-state index is 1.18. The van der Waals surface area contributed by atoms with Crippen LogP contribution in [0.4, 0.5) is 0 Å². The number of hydrogen-bond donors (Lipinski definition) is 0. The molecule has 1 heterocycles. The highest BCUT2D eigenvalue weighted by molar-refractivity contribution is 5.82. The third-order valence-corrected chi connectivity index (χ3v) is 5.46. The number of pyridine rings is 1. The molecule has 0 aliphatic rings. The maximum absolute atomic E-state index is 4.68. The van der Waals surface area contributed by atoms with E-state index in [1.165, 1.54) is 112 Å². The predicted octanol–water partition coefficient (Wildman–Crippen LogP) is 8.04. The molecule has 0 radical (unpaired) electrons. The van der Waals surface area contributed by atoms with E-state index in [0.717, 1.165) is 0 Å². The van der Waals surface area contributed by atoms with Gasteiger partial charge in [-0.05, 0) is 48.9 Å². The van der Waals surface area contributed by atoms with Gasteiger partial charge < -0.3 is 0 Å². The Morgan fingerprint density at radius 2 is 1.31 bits per heavy atom. The molecule has 0 bridgehead atoms. The largest absolute Gasteiger partial charge is 0.256 e. The zero-order chi connectivity index (χ0) is 18.5. The normalized spacial score (nSPS) is 11.3. The first-order valence-corrected chi connectivity index (χ1v) is 11.2. The fourth-order valence-electron chi connectivity index (χ4n) is 3.88. The standard InChI is InChI=1S/C25H39N/c1-3-5-7-9-11-13-16-22-20-23(17-14-12-10-8-6-4-2)25-24(21-22)18-15-19-26-25/h15,18-21H,3-14,16-17H2,1-2H3. The Hall–Kier alpha value is -1.37. The molecule has 0 saturated carbocycles. The van der Waals surface area contributed by atoms with Crippen LogP contribution >= 0.6 is 0 Å². The van der Waals surface area contributed by atoms with Crippen molar-refractivity contribution in [3.8, 4) is 0 Å². The van der Waals surface area contributed by atoms with Gasteiger partial charge >= 0.3 is 0 Å². The van der Waals surface area contributed by atoms with E-state index < -0.39 is 0 Å². The topological polar surface area (TPSA) is 12.9 Å². The molecule has 0 saturated heterocycles. The van der Waals surface area contributed by atoms with E-state index >= 15 is 0 Å². The highest BCUT2D eigenvalue weighted by Gasteiger charge is 2.06. The lowest BCUT2D eigenvalue weighted by atomic mass is 9.97. The molecule has 1 nitrogen and oxygen atoms in total. The van der Waals surface area contributed by atoms with Crippen molar-refractivity contribution in [2.75, 3.05) is 0 Å². The maximum atomic E-state index is 4.68. The lowest BCUT2D eigenvalue weighted by molar-refractivity contribution is 0.605. The Labute approximate surface area is 161 Å². The fourth-order valence-corrected chi connectivity index (χ4v) is 3.88. The molecule has 1 heteroatoms. The highest BCUT2D eigenvalue weighted by atomic mass is 14.6. The van der Waals surface area contributed by atoms with Crippen molar-refractivity contribution in [3.63, 3.8) is 0 Å². The summed E-state index contributed by atoms with van der Waals surface area (Å²) in [6.07, 6.45) is 20.7. The minimum Gasteiger partial charge on any atom is -0.256 e. The highest BCUT2D eigenvalue weighted by Crippen LogP contribution is 2.23. The monoisotopic (exact) mass is 353 g/mol. The third kappa shape index (κ3) is 7.48. The summed E-state index contributed by atoms with van der Waals surface area (Å²) in [6, 6.07) is 9.13. The molecule has 0 aliphatic carbocycles. The average Bonchev–Trinajstić information content (AvgIpc) is 2.67. The van der Waals surface area contributed by atoms with Gasteiger partial charge in [0.05, 0.1) is 5.52 Å². The van der Waals surface area contributed by atoms with Crippen LogP contribution in [0.5, 0.6) is 0 Å². The van der Waals surface area contributed by atoms with Gasteiger partial charge in [0, 0.05) is 11.6 Å². The van der Waals surface area contributed by atoms with Crippen LogP contribution in [0.1, 0.15) is 102 Å². The van der Waals surface area contributed by atoms with Crippen LogP contribution < -0.4 is 0 Å². The van der Waals surface area contributed by atoms with E-state index in [4.69, 9.17) is 0 Å². The molecular formula is C25H39N. The molecule has 2 rings (SSSR count). The molecule has 144 valence electrons. The number of hydrogen-bond acceptors (Lipinski definition) is 1. The van der Waals surface area contributed by atoms with Gasteiger partial charge in [-0.25, -0.2) is 0 Å². The Morgan fingerprint density at radius 3 is 2.00 bits per heavy atom. The maximum Gasteiger partial charge on any atom is 0.0734 e. The zero-order valence-corrected chi connectivity index (χ0v) is 17.2. The molecule has 1 aromatic heterocycles. The summed E-state index contributed by atoms with van der Waals surface area (Å²) < 4.78 is 0. The van der Waals surface area contributed by atoms with E-state index in [0.29, 0.717) is 0 Å². The summed E-state index contributed by atoms with van der Waals surface area (Å²) >= 11 is 0. The molecule has 0 spiro atoms. The summed E-state index contributed by atoms with van der Waals surface area (Å²) in [5.41, 5.74) is 4.22. The average molecular weight is 354 g/mol. The molecule has 26 heavy (non-hydrogen) atoms. The van der Waals surface area contributed by atoms with Gasteiger partial charge in [0.1, 0.15) is 0 Å². The van der Waals surface area contributed by atoms with Crippen LogP contribution in [0.3, 0.4) is 0 Å². The second-order valence-electron chi connectivity index (χ2n) is 7.87. The van der Waals surface area contributed by atoms with Gasteiger partial charge in [-0.15, -0.1) is 0 Å². The molecule has 0 atom stereocenters. The fraction of sp³-hybridized carbons (Fsp3) is 0.640. The first-order chi connectivity index (χ1) is 12.8. The van der Waals surface area contributed by atoms with Crippen LogP contribution in [0.15, 0.2) is 30.5 Å². The number of nitrogens with zero attached hydrogens (tertiary/aromatic N) is 1. The molecule has 1 aromatic carbocycles. The first kappa shape index (κ1) is 20.9. The molecule has 0 N–H and O–H groups in total. The van der Waals surface area contributed by atoms with Gasteiger partial charge in [0.15, 0.2) is 0 Å². The second kappa shape index (κ2) is 12.9. The lowest BCUT2D eigenvalue weighted by Gasteiger charge is -2.10. The number of unbranched alkanes of at least 4 members (excludes halogenated alkanes) is 10. The molecule has 0 amide bonds. The predicted molar refractivity (Wildman–Crippen MR) is 116 cm³/mol. The van der Waals surface area contributed by atoms with Crippen molar-refractivity contribution < 1.29 is 0 Å². The van der Waals surface area contributed by atoms with Gasteiger partial charge in [0.25, 0.3) is 0 Å². The molecule has 0 fully saturated rings. The number of aryl methyl sites for hydroxylation is 2. The van der Waals surface area contributed by atoms with Crippen molar-refractivity contribution in [2.24, 2.45) is 0 Å². The van der Waals surface area contributed by atoms with Gasteiger partial charge in [-0.2, -0.15) is 0 Å². The Morgan fingerprint density at radius 1 is 0.692 bits per heavy atom. The molecule has 0 unspecified atom stereocenters. The van der Waals surface area contributed by atoms with Crippen LogP contribution in [-0.2, 0) is 12.8 Å². The number of fused-ring (bicyclic) bond motifs is 1. The zero-order valence-electron chi connectivity index (χ0n) is 17.2. The molecular weight excluding hydrogens is 314 g/mol. The quantitative estimate of drug-likeness (QED) is 0.313. The van der Waals surface area contributed by atoms with Crippen LogP contribution in [0, 0.1) is 0 Å². The Bertz CT molecular complexity index is 617. The number of rotatable bonds is 14. The Kier molecular flexibility index (Phi) is 10.4. The third-order valence-electron chi connectivity index (χ3n) is 5.46. The summed E-state index contributed by atoms with van der Waals surface area (Å²) in [5, 5.41) is 1.33. The van der Waals surface area contributed by atoms with Crippen molar-refractivity contribution in [1.29, 1.82) is 0 Å². The van der Waals surface area contributed by atoms with E-state index in [1.54, 1.807) is 0 Å². The van der Waals surface area contributed by atoms with E-state index in [-0.39, 0.29) is 0 Å². The molecule has 0 aliphatic heterocycles. The van der Waals surface area contributed by atoms with E-state index in [1.807, 2.05) is 6.20 Å². The number of benzene rings is 1. The van der Waals surface area contributed by atoms with E-state index in [9.17, 15) is 0 Å². The SMILES string of the molecule is CCCCCCCCc1cc(CCCCCCCC)c2ncccc2c1. The van der Waals surface area contributed by atoms with Gasteiger partial charge in [-0.1, -0.05) is 90.2 Å². The van der Waals surface area contributed by atoms with Gasteiger partial charge in [-0.3, -0.25) is 4.98 Å². The van der Waals surface area contributed by atoms with Crippen molar-refractivity contribution in [2.45, 2.75) is 104 Å². The lowest BCUT2D eigenvalue weighted by Crippen LogP contribution is -1.95. The van der Waals surface area contributed by atoms with Crippen LogP contribution in [0.25, 0.3) is 10.9 Å². The smallest absolute Gasteiger partial charge is 0.0734 e. The van der Waals surface area contributed by atoms with Crippen molar-refractivity contribution in [1.82, 2.24) is 4.98 Å². The summed E-state index contributed by atoms with van der Waals surface area (Å²) in [6.45, 7) is 4.57. The van der Waals surface area contributed by atoms with E-state index in [2.05, 4.69) is 43.1 Å². The van der Waals surface area contributed by atoms with Crippen molar-refractivity contribution in [3.05, 3.63) is 41.6 Å². The summed E-state index contributed by atoms with van der Waals surface area (Å²) in [7, 11) is 0. The van der Waals surface area contributed by atoms with Crippen molar-refractivity contribution >= 4 is 10.9 Å². The molecule has 2 aromatic rings.